The van der Waals surface area contributed by atoms with Crippen LogP contribution >= 0.6 is 11.6 Å². The minimum absolute atomic E-state index is 0.511. The molecule has 0 saturated heterocycles. The molecule has 0 amide bonds. The molecule has 0 aliphatic rings. The molecule has 0 aliphatic heterocycles. The van der Waals surface area contributed by atoms with Crippen molar-refractivity contribution in [3.63, 3.8) is 0 Å². The summed E-state index contributed by atoms with van der Waals surface area (Å²) < 4.78 is 0. The lowest BCUT2D eigenvalue weighted by Gasteiger charge is -2.10. The van der Waals surface area contributed by atoms with Gasteiger partial charge in [-0.15, -0.1) is 0 Å². The lowest BCUT2D eigenvalue weighted by atomic mass is 10.2. The molecule has 0 saturated carbocycles. The van der Waals surface area contributed by atoms with Gasteiger partial charge in [-0.2, -0.15) is 0 Å². The van der Waals surface area contributed by atoms with Crippen molar-refractivity contribution >= 4 is 17.4 Å². The highest BCUT2D eigenvalue weighted by Crippen LogP contribution is 2.20. The molecule has 0 unspecified atom stereocenters. The average Bonchev–Trinajstić information content (AvgIpc) is 2.38. The van der Waals surface area contributed by atoms with Gasteiger partial charge in [-0.1, -0.05) is 24.6 Å². The van der Waals surface area contributed by atoms with Crippen molar-refractivity contribution < 1.29 is 0 Å². The van der Waals surface area contributed by atoms with Gasteiger partial charge in [0.05, 0.1) is 0 Å². The predicted molar refractivity (Wildman–Crippen MR) is 72.7 cm³/mol. The molecule has 4 nitrogen and oxygen atoms in total. The highest BCUT2D eigenvalue weighted by molar-refractivity contribution is 6.30. The van der Waals surface area contributed by atoms with Gasteiger partial charge in [0, 0.05) is 24.0 Å². The first kappa shape index (κ1) is 12.8. The highest BCUT2D eigenvalue weighted by atomic mass is 35.5. The monoisotopic (exact) mass is 262 g/mol. The maximum Gasteiger partial charge on any atom is 0.137 e. The zero-order valence-corrected chi connectivity index (χ0v) is 11.2. The summed E-state index contributed by atoms with van der Waals surface area (Å²) in [7, 11) is 0. The van der Waals surface area contributed by atoms with Crippen LogP contribution in [0.3, 0.4) is 0 Å². The Morgan fingerprint density at radius 1 is 1.22 bits per heavy atom. The fourth-order valence-corrected chi connectivity index (χ4v) is 1.91. The topological polar surface area (TPSA) is 50.7 Å². The Morgan fingerprint density at radius 3 is 2.72 bits per heavy atom. The molecule has 1 N–H and O–H groups in total. The second-order valence-corrected chi connectivity index (χ2v) is 4.36. The molecule has 0 bridgehead atoms. The van der Waals surface area contributed by atoms with Gasteiger partial charge in [0.25, 0.3) is 0 Å². The first-order valence-electron chi connectivity index (χ1n) is 5.85. The van der Waals surface area contributed by atoms with Gasteiger partial charge in [0.1, 0.15) is 17.3 Å². The standard InChI is InChI=1S/C13H15ClN4/c1-3-11-12(14)17-8-18-13(11)16-7-10-5-4-9(2)15-6-10/h4-6,8H,3,7H2,1-2H3,(H,16,17,18). The number of hydrogen-bond donors (Lipinski definition) is 1. The third kappa shape index (κ3) is 2.96. The van der Waals surface area contributed by atoms with Crippen LogP contribution in [0.5, 0.6) is 0 Å². The van der Waals surface area contributed by atoms with Crippen LogP contribution < -0.4 is 5.32 Å². The Morgan fingerprint density at radius 2 is 2.06 bits per heavy atom. The van der Waals surface area contributed by atoms with Crippen LogP contribution in [0.2, 0.25) is 5.15 Å². The van der Waals surface area contributed by atoms with Gasteiger partial charge in [-0.3, -0.25) is 4.98 Å². The Balaban J connectivity index is 2.10. The van der Waals surface area contributed by atoms with Gasteiger partial charge in [0.15, 0.2) is 0 Å². The van der Waals surface area contributed by atoms with E-state index in [4.69, 9.17) is 11.6 Å². The summed E-state index contributed by atoms with van der Waals surface area (Å²) in [5.41, 5.74) is 3.06. The van der Waals surface area contributed by atoms with E-state index in [1.54, 1.807) is 0 Å². The van der Waals surface area contributed by atoms with Crippen molar-refractivity contribution in [2.75, 3.05) is 5.32 Å². The summed E-state index contributed by atoms with van der Waals surface area (Å²) >= 11 is 6.03. The largest absolute Gasteiger partial charge is 0.366 e. The third-order valence-electron chi connectivity index (χ3n) is 2.68. The molecule has 2 aromatic rings. The molecule has 0 atom stereocenters. The van der Waals surface area contributed by atoms with E-state index in [1.165, 1.54) is 6.33 Å². The summed E-state index contributed by atoms with van der Waals surface area (Å²) in [6.07, 6.45) is 4.13. The van der Waals surface area contributed by atoms with Crippen molar-refractivity contribution in [3.05, 3.63) is 46.6 Å². The molecule has 0 spiro atoms. The van der Waals surface area contributed by atoms with Gasteiger partial charge in [0.2, 0.25) is 0 Å². The van der Waals surface area contributed by atoms with E-state index in [0.29, 0.717) is 11.7 Å². The number of pyridine rings is 1. The molecule has 0 fully saturated rings. The molecule has 0 aromatic carbocycles. The van der Waals surface area contributed by atoms with Crippen LogP contribution in [-0.4, -0.2) is 15.0 Å². The maximum atomic E-state index is 6.03. The van der Waals surface area contributed by atoms with Crippen LogP contribution in [0.4, 0.5) is 5.82 Å². The van der Waals surface area contributed by atoms with Gasteiger partial charge in [-0.25, -0.2) is 9.97 Å². The summed E-state index contributed by atoms with van der Waals surface area (Å²) in [4.78, 5) is 12.4. The molecule has 5 heteroatoms. The number of nitrogens with zero attached hydrogens (tertiary/aromatic N) is 3. The highest BCUT2D eigenvalue weighted by Gasteiger charge is 2.07. The smallest absolute Gasteiger partial charge is 0.137 e. The van der Waals surface area contributed by atoms with Crippen molar-refractivity contribution in [2.45, 2.75) is 26.8 Å². The Bertz CT molecular complexity index is 525. The quantitative estimate of drug-likeness (QED) is 0.861. The Kier molecular flexibility index (Phi) is 4.10. The molecule has 2 rings (SSSR count). The van der Waals surface area contributed by atoms with E-state index < -0.39 is 0 Å². The summed E-state index contributed by atoms with van der Waals surface area (Å²) in [6.45, 7) is 4.67. The number of aryl methyl sites for hydroxylation is 1. The number of anilines is 1. The predicted octanol–water partition coefficient (Wildman–Crippen LogP) is 3.01. The Labute approximate surface area is 111 Å². The average molecular weight is 263 g/mol. The van der Waals surface area contributed by atoms with Crippen molar-refractivity contribution in [1.29, 1.82) is 0 Å². The minimum Gasteiger partial charge on any atom is -0.366 e. The number of hydrogen-bond acceptors (Lipinski definition) is 4. The van der Waals surface area contributed by atoms with Crippen LogP contribution in [0.1, 0.15) is 23.7 Å². The van der Waals surface area contributed by atoms with E-state index >= 15 is 0 Å². The van der Waals surface area contributed by atoms with E-state index in [-0.39, 0.29) is 0 Å². The van der Waals surface area contributed by atoms with E-state index in [9.17, 15) is 0 Å². The molecule has 94 valence electrons. The SMILES string of the molecule is CCc1c(Cl)ncnc1NCc1ccc(C)nc1. The second kappa shape index (κ2) is 5.78. The minimum atomic E-state index is 0.511. The summed E-state index contributed by atoms with van der Waals surface area (Å²) in [5, 5.41) is 3.78. The van der Waals surface area contributed by atoms with Gasteiger partial charge in [-0.05, 0) is 25.0 Å². The molecule has 2 heterocycles. The molecule has 0 aliphatic carbocycles. The number of halogens is 1. The Hall–Kier alpha value is -1.68. The van der Waals surface area contributed by atoms with Crippen LogP contribution in [0.15, 0.2) is 24.7 Å². The fourth-order valence-electron chi connectivity index (χ4n) is 1.65. The zero-order valence-electron chi connectivity index (χ0n) is 10.4. The molecular weight excluding hydrogens is 248 g/mol. The first-order chi connectivity index (χ1) is 8.70. The van der Waals surface area contributed by atoms with E-state index in [2.05, 4.69) is 20.3 Å². The second-order valence-electron chi connectivity index (χ2n) is 4.01. The number of rotatable bonds is 4. The third-order valence-corrected chi connectivity index (χ3v) is 3.00. The van der Waals surface area contributed by atoms with Crippen molar-refractivity contribution in [2.24, 2.45) is 0 Å². The molecule has 2 aromatic heterocycles. The maximum absolute atomic E-state index is 6.03. The van der Waals surface area contributed by atoms with Crippen LogP contribution in [0, 0.1) is 6.92 Å². The van der Waals surface area contributed by atoms with Crippen LogP contribution in [0.25, 0.3) is 0 Å². The number of aromatic nitrogens is 3. The van der Waals surface area contributed by atoms with Gasteiger partial charge < -0.3 is 5.32 Å². The molecule has 18 heavy (non-hydrogen) atoms. The van der Waals surface area contributed by atoms with Crippen LogP contribution in [-0.2, 0) is 13.0 Å². The van der Waals surface area contributed by atoms with E-state index in [1.807, 2.05) is 32.2 Å². The molecular formula is C13H15ClN4. The van der Waals surface area contributed by atoms with Crippen molar-refractivity contribution in [3.8, 4) is 0 Å². The summed E-state index contributed by atoms with van der Waals surface area (Å²) in [5.74, 6) is 0.790. The fraction of sp³-hybridized carbons (Fsp3) is 0.308. The lowest BCUT2D eigenvalue weighted by Crippen LogP contribution is -2.06. The van der Waals surface area contributed by atoms with Crippen molar-refractivity contribution in [1.82, 2.24) is 15.0 Å². The lowest BCUT2D eigenvalue weighted by molar-refractivity contribution is 1.00. The van der Waals surface area contributed by atoms with E-state index in [0.717, 1.165) is 29.1 Å². The molecule has 0 radical (unpaired) electrons. The van der Waals surface area contributed by atoms with Gasteiger partial charge >= 0.3 is 0 Å². The summed E-state index contributed by atoms with van der Waals surface area (Å²) in [6, 6.07) is 4.04. The number of nitrogens with one attached hydrogen (secondary N) is 1. The first-order valence-corrected chi connectivity index (χ1v) is 6.23. The normalized spacial score (nSPS) is 10.4. The zero-order chi connectivity index (χ0) is 13.0.